The van der Waals surface area contributed by atoms with E-state index in [9.17, 15) is 0 Å². The molecule has 0 aliphatic carbocycles. The van der Waals surface area contributed by atoms with Gasteiger partial charge in [-0.2, -0.15) is 5.10 Å². The van der Waals surface area contributed by atoms with Crippen LogP contribution in [0.3, 0.4) is 0 Å². The number of thiocarbonyl (C=S) groups is 1. The van der Waals surface area contributed by atoms with Crippen LogP contribution >= 0.6 is 12.2 Å². The van der Waals surface area contributed by atoms with E-state index in [4.69, 9.17) is 21.7 Å². The van der Waals surface area contributed by atoms with Crippen LogP contribution in [-0.2, 0) is 4.74 Å². The molecule has 0 amide bonds. The summed E-state index contributed by atoms with van der Waals surface area (Å²) in [5.41, 5.74) is 3.72. The first-order valence-electron chi connectivity index (χ1n) is 7.30. The summed E-state index contributed by atoms with van der Waals surface area (Å²) in [6.07, 6.45) is 5.86. The van der Waals surface area contributed by atoms with Gasteiger partial charge in [0.2, 0.25) is 0 Å². The first kappa shape index (κ1) is 16.5. The van der Waals surface area contributed by atoms with Crippen molar-refractivity contribution in [1.82, 2.24) is 10.7 Å². The molecule has 5 nitrogen and oxygen atoms in total. The van der Waals surface area contributed by atoms with Crippen molar-refractivity contribution >= 4 is 23.5 Å². The van der Waals surface area contributed by atoms with Crippen LogP contribution in [0.4, 0.5) is 0 Å². The molecule has 0 unspecified atom stereocenters. The zero-order valence-electron chi connectivity index (χ0n) is 12.5. The predicted octanol–water partition coefficient (Wildman–Crippen LogP) is 2.23. The SMILES string of the molecule is C=CCOc1cccc(/C=N\NC(=S)NC[C@@H]2CCCO2)c1. The average molecular weight is 319 g/mol. The fourth-order valence-electron chi connectivity index (χ4n) is 2.06. The molecule has 118 valence electrons. The van der Waals surface area contributed by atoms with Crippen LogP contribution in [-0.4, -0.2) is 37.2 Å². The van der Waals surface area contributed by atoms with Crippen LogP contribution in [0.5, 0.6) is 5.75 Å². The second kappa shape index (κ2) is 9.17. The lowest BCUT2D eigenvalue weighted by Crippen LogP contribution is -2.37. The van der Waals surface area contributed by atoms with E-state index in [1.807, 2.05) is 24.3 Å². The number of rotatable bonds is 7. The van der Waals surface area contributed by atoms with E-state index in [0.29, 0.717) is 18.3 Å². The molecule has 1 fully saturated rings. The summed E-state index contributed by atoms with van der Waals surface area (Å²) >= 11 is 5.16. The quantitative estimate of drug-likeness (QED) is 0.349. The fourth-order valence-corrected chi connectivity index (χ4v) is 2.19. The van der Waals surface area contributed by atoms with Crippen LogP contribution in [0.25, 0.3) is 0 Å². The molecule has 0 bridgehead atoms. The van der Waals surface area contributed by atoms with Gasteiger partial charge in [-0.1, -0.05) is 24.8 Å². The first-order valence-corrected chi connectivity index (χ1v) is 7.71. The molecule has 6 heteroatoms. The highest BCUT2D eigenvalue weighted by Crippen LogP contribution is 2.12. The van der Waals surface area contributed by atoms with E-state index in [-0.39, 0.29) is 6.10 Å². The lowest BCUT2D eigenvalue weighted by molar-refractivity contribution is 0.114. The molecule has 1 saturated heterocycles. The Morgan fingerprint density at radius 2 is 2.45 bits per heavy atom. The molecule has 1 aliphatic rings. The van der Waals surface area contributed by atoms with Crippen molar-refractivity contribution in [1.29, 1.82) is 0 Å². The molecule has 0 spiro atoms. The number of hydrogen-bond donors (Lipinski definition) is 2. The highest BCUT2D eigenvalue weighted by atomic mass is 32.1. The summed E-state index contributed by atoms with van der Waals surface area (Å²) in [6, 6.07) is 7.64. The lowest BCUT2D eigenvalue weighted by atomic mass is 10.2. The van der Waals surface area contributed by atoms with Gasteiger partial charge in [0.05, 0.1) is 12.3 Å². The summed E-state index contributed by atoms with van der Waals surface area (Å²) < 4.78 is 11.0. The van der Waals surface area contributed by atoms with Crippen molar-refractivity contribution in [3.05, 3.63) is 42.5 Å². The minimum atomic E-state index is 0.252. The third-order valence-corrected chi connectivity index (χ3v) is 3.36. The molecule has 22 heavy (non-hydrogen) atoms. The predicted molar refractivity (Wildman–Crippen MR) is 92.4 cm³/mol. The Morgan fingerprint density at radius 1 is 1.55 bits per heavy atom. The molecule has 0 saturated carbocycles. The highest BCUT2D eigenvalue weighted by Gasteiger charge is 2.14. The molecule has 0 aromatic heterocycles. The first-order chi connectivity index (χ1) is 10.8. The number of nitrogens with one attached hydrogen (secondary N) is 2. The summed E-state index contributed by atoms with van der Waals surface area (Å²) in [4.78, 5) is 0. The fraction of sp³-hybridized carbons (Fsp3) is 0.375. The van der Waals surface area contributed by atoms with Crippen molar-refractivity contribution in [2.24, 2.45) is 5.10 Å². The van der Waals surface area contributed by atoms with E-state index < -0.39 is 0 Å². The van der Waals surface area contributed by atoms with E-state index in [1.54, 1.807) is 12.3 Å². The Kier molecular flexibility index (Phi) is 6.86. The molecule has 2 N–H and O–H groups in total. The van der Waals surface area contributed by atoms with E-state index in [0.717, 1.165) is 30.8 Å². The van der Waals surface area contributed by atoms with Gasteiger partial charge in [0.15, 0.2) is 5.11 Å². The number of hydrogen-bond acceptors (Lipinski definition) is 4. The monoisotopic (exact) mass is 319 g/mol. The lowest BCUT2D eigenvalue weighted by Gasteiger charge is -2.11. The molecule has 1 aromatic carbocycles. The summed E-state index contributed by atoms with van der Waals surface area (Å²) in [6.45, 7) is 5.66. The Labute approximate surface area is 136 Å². The molecule has 0 radical (unpaired) electrons. The van der Waals surface area contributed by atoms with Crippen LogP contribution in [0.15, 0.2) is 42.0 Å². The van der Waals surface area contributed by atoms with E-state index in [1.165, 1.54) is 0 Å². The average Bonchev–Trinajstić information content (AvgIpc) is 3.05. The number of hydrazone groups is 1. The van der Waals surface area contributed by atoms with E-state index in [2.05, 4.69) is 22.4 Å². The molecule has 1 heterocycles. The van der Waals surface area contributed by atoms with Crippen molar-refractivity contribution in [2.45, 2.75) is 18.9 Å². The van der Waals surface area contributed by atoms with Crippen molar-refractivity contribution < 1.29 is 9.47 Å². The van der Waals surface area contributed by atoms with Gasteiger partial charge in [0.1, 0.15) is 12.4 Å². The zero-order chi connectivity index (χ0) is 15.6. The van der Waals surface area contributed by atoms with Gasteiger partial charge in [-0.25, -0.2) is 0 Å². The normalized spacial score (nSPS) is 17.4. The van der Waals surface area contributed by atoms with Gasteiger partial charge >= 0.3 is 0 Å². The van der Waals surface area contributed by atoms with Crippen LogP contribution in [0.2, 0.25) is 0 Å². The van der Waals surface area contributed by atoms with Crippen molar-refractivity contribution in [3.8, 4) is 5.75 Å². The van der Waals surface area contributed by atoms with Crippen molar-refractivity contribution in [2.75, 3.05) is 19.8 Å². The minimum Gasteiger partial charge on any atom is -0.490 e. The Morgan fingerprint density at radius 3 is 3.23 bits per heavy atom. The third-order valence-electron chi connectivity index (χ3n) is 3.12. The minimum absolute atomic E-state index is 0.252. The Bertz CT molecular complexity index is 528. The summed E-state index contributed by atoms with van der Waals surface area (Å²) in [5, 5.41) is 7.70. The highest BCUT2D eigenvalue weighted by molar-refractivity contribution is 7.80. The molecular weight excluding hydrogens is 298 g/mol. The maximum atomic E-state index is 5.51. The smallest absolute Gasteiger partial charge is 0.187 e. The number of benzene rings is 1. The maximum Gasteiger partial charge on any atom is 0.187 e. The summed E-state index contributed by atoms with van der Waals surface area (Å²) in [5.74, 6) is 0.780. The molecule has 1 aromatic rings. The van der Waals surface area contributed by atoms with Crippen molar-refractivity contribution in [3.63, 3.8) is 0 Å². The molecule has 1 atom stereocenters. The van der Waals surface area contributed by atoms with Gasteiger partial charge in [-0.3, -0.25) is 5.43 Å². The van der Waals surface area contributed by atoms with Gasteiger partial charge in [-0.05, 0) is 42.8 Å². The largest absolute Gasteiger partial charge is 0.490 e. The van der Waals surface area contributed by atoms with Gasteiger partial charge in [0, 0.05) is 13.2 Å². The topological polar surface area (TPSA) is 54.9 Å². The van der Waals surface area contributed by atoms with Gasteiger partial charge in [0.25, 0.3) is 0 Å². The van der Waals surface area contributed by atoms with Crippen LogP contribution in [0.1, 0.15) is 18.4 Å². The number of nitrogens with zero attached hydrogens (tertiary/aromatic N) is 1. The van der Waals surface area contributed by atoms with Gasteiger partial charge < -0.3 is 14.8 Å². The Balaban J connectivity index is 1.73. The zero-order valence-corrected chi connectivity index (χ0v) is 13.3. The maximum absolute atomic E-state index is 5.51. The number of ether oxygens (including phenoxy) is 2. The molecular formula is C16H21N3O2S. The second-order valence-electron chi connectivity index (χ2n) is 4.89. The third kappa shape index (κ3) is 5.83. The Hall–Kier alpha value is -1.92. The van der Waals surface area contributed by atoms with Crippen LogP contribution in [0, 0.1) is 0 Å². The standard InChI is InChI=1S/C16H21N3O2S/c1-2-8-20-14-6-3-5-13(10-14)11-18-19-16(22)17-12-15-7-4-9-21-15/h2-3,5-6,10-11,15H,1,4,7-9,12H2,(H2,17,19,22)/b18-11-/t15-/m0/s1. The molecule has 2 rings (SSSR count). The van der Waals surface area contributed by atoms with Gasteiger partial charge in [-0.15, -0.1) is 0 Å². The van der Waals surface area contributed by atoms with Crippen LogP contribution < -0.4 is 15.5 Å². The molecule has 1 aliphatic heterocycles. The van der Waals surface area contributed by atoms with E-state index >= 15 is 0 Å². The summed E-state index contributed by atoms with van der Waals surface area (Å²) in [7, 11) is 0. The second-order valence-corrected chi connectivity index (χ2v) is 5.30.